The van der Waals surface area contributed by atoms with Crippen LogP contribution in [0.2, 0.25) is 0 Å². The maximum atomic E-state index is 12.3. The summed E-state index contributed by atoms with van der Waals surface area (Å²) >= 11 is 0. The van der Waals surface area contributed by atoms with Crippen molar-refractivity contribution in [3.63, 3.8) is 0 Å². The van der Waals surface area contributed by atoms with Crippen molar-refractivity contribution in [1.82, 2.24) is 20.0 Å². The molecule has 0 aromatic heterocycles. The number of benzene rings is 1. The Bertz CT molecular complexity index is 602. The topological polar surface area (TPSA) is 51.2 Å². The summed E-state index contributed by atoms with van der Waals surface area (Å²) in [5, 5.41) is 3.37. The van der Waals surface area contributed by atoms with Crippen molar-refractivity contribution in [1.29, 1.82) is 0 Å². The van der Waals surface area contributed by atoms with Gasteiger partial charge in [-0.1, -0.05) is 30.3 Å². The molecule has 1 N–H and O–H groups in total. The Balaban J connectivity index is 1.84. The lowest BCUT2D eigenvalue weighted by Crippen LogP contribution is -2.43. The third kappa shape index (κ3) is 6.54. The van der Waals surface area contributed by atoms with Crippen LogP contribution < -0.4 is 5.32 Å². The normalized spacial score (nSPS) is 17.8. The van der Waals surface area contributed by atoms with Gasteiger partial charge in [-0.2, -0.15) is 0 Å². The number of aliphatic imine (C=N–C) groups is 1. The highest BCUT2D eigenvalue weighted by atomic mass is 16.2. The van der Waals surface area contributed by atoms with E-state index in [4.69, 9.17) is 4.99 Å². The number of carbonyl (C=O) groups excluding carboxylic acids is 1. The van der Waals surface area contributed by atoms with Gasteiger partial charge in [0.05, 0.1) is 6.04 Å². The molecule has 6 nitrogen and oxygen atoms in total. The number of carbonyl (C=O) groups is 1. The molecule has 0 bridgehead atoms. The molecule has 150 valence electrons. The summed E-state index contributed by atoms with van der Waals surface area (Å²) in [6, 6.07) is 10.5. The van der Waals surface area contributed by atoms with Crippen LogP contribution in [0.15, 0.2) is 35.3 Å². The van der Waals surface area contributed by atoms with Crippen molar-refractivity contribution in [2.45, 2.75) is 38.8 Å². The number of likely N-dealkylation sites (N-methyl/N-ethyl adjacent to an activating group) is 1. The van der Waals surface area contributed by atoms with Gasteiger partial charge in [-0.15, -0.1) is 0 Å². The number of amides is 1. The number of guanidine groups is 1. The van der Waals surface area contributed by atoms with Crippen LogP contribution in [0.5, 0.6) is 0 Å². The van der Waals surface area contributed by atoms with Crippen LogP contribution in [-0.4, -0.2) is 79.9 Å². The molecule has 1 fully saturated rings. The van der Waals surface area contributed by atoms with Crippen molar-refractivity contribution < 1.29 is 4.79 Å². The van der Waals surface area contributed by atoms with Gasteiger partial charge in [-0.05, 0) is 38.3 Å². The van der Waals surface area contributed by atoms with Crippen LogP contribution in [-0.2, 0) is 11.3 Å². The number of rotatable bonds is 8. The monoisotopic (exact) mass is 373 g/mol. The van der Waals surface area contributed by atoms with E-state index >= 15 is 0 Å². The predicted octanol–water partition coefficient (Wildman–Crippen LogP) is 2.03. The van der Waals surface area contributed by atoms with Gasteiger partial charge in [0.1, 0.15) is 0 Å². The van der Waals surface area contributed by atoms with Gasteiger partial charge in [-0.3, -0.25) is 14.7 Å². The lowest BCUT2D eigenvalue weighted by atomic mass is 10.2. The van der Waals surface area contributed by atoms with Crippen molar-refractivity contribution in [2.75, 3.05) is 47.3 Å². The maximum absolute atomic E-state index is 12.3. The lowest BCUT2D eigenvalue weighted by molar-refractivity contribution is -0.133. The highest BCUT2D eigenvalue weighted by Crippen LogP contribution is 2.18. The molecule has 1 saturated heterocycles. The second-order valence-corrected chi connectivity index (χ2v) is 7.36. The van der Waals surface area contributed by atoms with Crippen LogP contribution >= 0.6 is 0 Å². The van der Waals surface area contributed by atoms with Gasteiger partial charge in [0, 0.05) is 47.3 Å². The summed E-state index contributed by atoms with van der Waals surface area (Å²) in [6.07, 6.45) is 3.05. The summed E-state index contributed by atoms with van der Waals surface area (Å²) in [6.45, 7) is 6.48. The van der Waals surface area contributed by atoms with Crippen LogP contribution in [0.25, 0.3) is 0 Å². The summed E-state index contributed by atoms with van der Waals surface area (Å²) in [5.74, 6) is 1.16. The number of nitrogens with zero attached hydrogens (tertiary/aromatic N) is 4. The molecule has 1 aromatic carbocycles. The second-order valence-electron chi connectivity index (χ2n) is 7.36. The average Bonchev–Trinajstić information content (AvgIpc) is 3.12. The maximum Gasteiger partial charge on any atom is 0.239 e. The first-order chi connectivity index (χ1) is 13.0. The minimum absolute atomic E-state index is 0.0537. The Kier molecular flexibility index (Phi) is 8.58. The largest absolute Gasteiger partial charge is 0.357 e. The van der Waals surface area contributed by atoms with E-state index in [9.17, 15) is 4.79 Å². The van der Waals surface area contributed by atoms with E-state index in [1.165, 1.54) is 5.56 Å². The smallest absolute Gasteiger partial charge is 0.239 e. The van der Waals surface area contributed by atoms with Crippen LogP contribution in [0.3, 0.4) is 0 Å². The molecule has 6 heteroatoms. The van der Waals surface area contributed by atoms with Crippen LogP contribution in [0.4, 0.5) is 0 Å². The van der Waals surface area contributed by atoms with E-state index in [1.54, 1.807) is 4.90 Å². The molecule has 0 spiro atoms. The highest BCUT2D eigenvalue weighted by molar-refractivity contribution is 5.81. The van der Waals surface area contributed by atoms with Gasteiger partial charge in [-0.25, -0.2) is 0 Å². The Labute approximate surface area is 164 Å². The molecular formula is C21H35N5O. The lowest BCUT2D eigenvalue weighted by Gasteiger charge is -2.26. The summed E-state index contributed by atoms with van der Waals surface area (Å²) in [7, 11) is 5.75. The third-order valence-electron chi connectivity index (χ3n) is 4.91. The molecule has 1 aliphatic heterocycles. The minimum atomic E-state index is 0.0537. The Morgan fingerprint density at radius 2 is 2.00 bits per heavy atom. The fourth-order valence-electron chi connectivity index (χ4n) is 3.53. The van der Waals surface area contributed by atoms with Crippen molar-refractivity contribution >= 4 is 11.9 Å². The molecule has 0 saturated carbocycles. The number of nitrogens with one attached hydrogen (secondary N) is 1. The van der Waals surface area contributed by atoms with Gasteiger partial charge in [0.25, 0.3) is 0 Å². The molecule has 1 amide bonds. The quantitative estimate of drug-likeness (QED) is 0.430. The van der Waals surface area contributed by atoms with Crippen molar-refractivity contribution in [3.8, 4) is 0 Å². The fraction of sp³-hybridized carbons (Fsp3) is 0.619. The van der Waals surface area contributed by atoms with Gasteiger partial charge in [0.15, 0.2) is 5.96 Å². The predicted molar refractivity (Wildman–Crippen MR) is 112 cm³/mol. The number of likely N-dealkylation sites (tertiary alicyclic amines) is 1. The first-order valence-corrected chi connectivity index (χ1v) is 10.0. The van der Waals surface area contributed by atoms with Crippen LogP contribution in [0, 0.1) is 0 Å². The molecule has 1 aliphatic rings. The molecule has 1 unspecified atom stereocenters. The van der Waals surface area contributed by atoms with Gasteiger partial charge >= 0.3 is 0 Å². The van der Waals surface area contributed by atoms with E-state index in [0.717, 1.165) is 57.9 Å². The third-order valence-corrected chi connectivity index (χ3v) is 4.91. The Morgan fingerprint density at radius 3 is 2.67 bits per heavy atom. The average molecular weight is 374 g/mol. The molecule has 27 heavy (non-hydrogen) atoms. The number of hydrogen-bond acceptors (Lipinski definition) is 3. The van der Waals surface area contributed by atoms with Gasteiger partial charge < -0.3 is 15.1 Å². The molecule has 1 atom stereocenters. The van der Waals surface area contributed by atoms with E-state index in [0.29, 0.717) is 0 Å². The SMILES string of the molecule is CCNC(=NCCCN1CCCC1C(=O)N(C)C)N(C)Cc1ccccc1. The van der Waals surface area contributed by atoms with Gasteiger partial charge in [0.2, 0.25) is 5.91 Å². The molecular weight excluding hydrogens is 338 g/mol. The molecule has 0 radical (unpaired) electrons. The standard InChI is InChI=1S/C21H35N5O/c1-5-22-21(25(4)17-18-11-7-6-8-12-18)23-14-10-16-26-15-9-13-19(26)20(27)24(2)3/h6-8,11-12,19H,5,9-10,13-17H2,1-4H3,(H,22,23). The summed E-state index contributed by atoms with van der Waals surface area (Å²) in [4.78, 5) is 23.3. The van der Waals surface area contributed by atoms with Crippen molar-refractivity contribution in [2.24, 2.45) is 4.99 Å². The van der Waals surface area contributed by atoms with E-state index in [2.05, 4.69) is 53.4 Å². The molecule has 1 heterocycles. The molecule has 0 aliphatic carbocycles. The molecule has 2 rings (SSSR count). The second kappa shape index (κ2) is 10.9. The summed E-state index contributed by atoms with van der Waals surface area (Å²) in [5.41, 5.74) is 1.27. The first kappa shape index (κ1) is 21.2. The van der Waals surface area contributed by atoms with E-state index in [1.807, 2.05) is 20.2 Å². The summed E-state index contributed by atoms with van der Waals surface area (Å²) < 4.78 is 0. The molecule has 1 aromatic rings. The van der Waals surface area contributed by atoms with Crippen molar-refractivity contribution in [3.05, 3.63) is 35.9 Å². The zero-order valence-electron chi connectivity index (χ0n) is 17.3. The van der Waals surface area contributed by atoms with E-state index < -0.39 is 0 Å². The van der Waals surface area contributed by atoms with E-state index in [-0.39, 0.29) is 11.9 Å². The first-order valence-electron chi connectivity index (χ1n) is 10.0. The highest BCUT2D eigenvalue weighted by Gasteiger charge is 2.30. The van der Waals surface area contributed by atoms with Crippen LogP contribution in [0.1, 0.15) is 31.7 Å². The zero-order chi connectivity index (χ0) is 19.6. The minimum Gasteiger partial charge on any atom is -0.357 e. The number of hydrogen-bond donors (Lipinski definition) is 1. The Hall–Kier alpha value is -2.08. The Morgan fingerprint density at radius 1 is 1.26 bits per heavy atom. The fourth-order valence-corrected chi connectivity index (χ4v) is 3.53. The zero-order valence-corrected chi connectivity index (χ0v) is 17.3.